The Bertz CT molecular complexity index is 890. The molecule has 3 aromatic rings. The van der Waals surface area contributed by atoms with Gasteiger partial charge in [-0.25, -0.2) is 4.98 Å². The van der Waals surface area contributed by atoms with E-state index >= 15 is 0 Å². The van der Waals surface area contributed by atoms with E-state index in [1.54, 1.807) is 0 Å². The second kappa shape index (κ2) is 7.24. The van der Waals surface area contributed by atoms with Gasteiger partial charge in [-0.3, -0.25) is 0 Å². The minimum absolute atomic E-state index is 0.617. The van der Waals surface area contributed by atoms with Gasteiger partial charge in [0.25, 0.3) is 0 Å². The number of aromatic nitrogens is 2. The van der Waals surface area contributed by atoms with Crippen LogP contribution >= 0.6 is 0 Å². The first-order valence-corrected chi connectivity index (χ1v) is 9.98. The molecule has 2 aliphatic heterocycles. The zero-order chi connectivity index (χ0) is 18.1. The normalized spacial score (nSPS) is 19.0. The van der Waals surface area contributed by atoms with Crippen molar-refractivity contribution < 1.29 is 4.74 Å². The quantitative estimate of drug-likeness (QED) is 0.770. The van der Waals surface area contributed by atoms with E-state index in [9.17, 15) is 0 Å². The highest BCUT2D eigenvalue weighted by Crippen LogP contribution is 2.34. The molecule has 0 aliphatic carbocycles. The molecule has 0 atom stereocenters. The van der Waals surface area contributed by atoms with Crippen molar-refractivity contribution in [2.24, 2.45) is 0 Å². The van der Waals surface area contributed by atoms with Crippen LogP contribution in [0.4, 0.5) is 11.4 Å². The number of rotatable bonds is 3. The van der Waals surface area contributed by atoms with Crippen LogP contribution in [0.2, 0.25) is 0 Å². The van der Waals surface area contributed by atoms with Crippen molar-refractivity contribution in [3.05, 3.63) is 54.4 Å². The summed E-state index contributed by atoms with van der Waals surface area (Å²) in [6, 6.07) is 13.3. The standard InChI is InChI=1S/C22H26N4O/c1-2-20-21(16-24-22(20)23-9-1)17-7-10-25(11-8-17)18-3-5-19(6-4-18)26-12-14-27-15-13-26/h1-6,9,16-17H,7-8,10-15H2,(H,23,24). The maximum Gasteiger partial charge on any atom is 0.137 e. The SMILES string of the molecule is c1cnc2[nH]cc(C3CCN(c4ccc(N5CCOCC5)cc4)CC3)c2c1. The Morgan fingerprint density at radius 2 is 1.56 bits per heavy atom. The number of H-pyrrole nitrogens is 1. The number of ether oxygens (including phenoxy) is 1. The molecule has 140 valence electrons. The number of pyridine rings is 1. The molecule has 2 aliphatic rings. The van der Waals surface area contributed by atoms with E-state index in [1.165, 1.54) is 35.2 Å². The lowest BCUT2D eigenvalue weighted by Crippen LogP contribution is -2.36. The highest BCUT2D eigenvalue weighted by Gasteiger charge is 2.23. The third-order valence-corrected chi connectivity index (χ3v) is 6.01. The number of anilines is 2. The van der Waals surface area contributed by atoms with Gasteiger partial charge in [-0.2, -0.15) is 0 Å². The molecule has 2 aromatic heterocycles. The van der Waals surface area contributed by atoms with Gasteiger partial charge in [-0.15, -0.1) is 0 Å². The third-order valence-electron chi connectivity index (χ3n) is 6.01. The average Bonchev–Trinajstić information content (AvgIpc) is 3.19. The molecule has 0 amide bonds. The predicted octanol–water partition coefficient (Wildman–Crippen LogP) is 3.78. The average molecular weight is 362 g/mol. The van der Waals surface area contributed by atoms with Crippen molar-refractivity contribution in [2.45, 2.75) is 18.8 Å². The zero-order valence-electron chi connectivity index (χ0n) is 15.6. The van der Waals surface area contributed by atoms with Gasteiger partial charge in [-0.1, -0.05) is 0 Å². The first kappa shape index (κ1) is 16.6. The van der Waals surface area contributed by atoms with Crippen molar-refractivity contribution in [1.82, 2.24) is 9.97 Å². The van der Waals surface area contributed by atoms with E-state index in [0.29, 0.717) is 5.92 Å². The number of hydrogen-bond donors (Lipinski definition) is 1. The number of nitrogens with one attached hydrogen (secondary N) is 1. The van der Waals surface area contributed by atoms with Crippen LogP contribution in [0.3, 0.4) is 0 Å². The second-order valence-corrected chi connectivity index (χ2v) is 7.52. The Morgan fingerprint density at radius 1 is 0.889 bits per heavy atom. The maximum absolute atomic E-state index is 5.45. The Hall–Kier alpha value is -2.53. The highest BCUT2D eigenvalue weighted by atomic mass is 16.5. The van der Waals surface area contributed by atoms with Gasteiger partial charge in [0, 0.05) is 55.3 Å². The summed E-state index contributed by atoms with van der Waals surface area (Å²) in [4.78, 5) is 12.7. The number of benzene rings is 1. The van der Waals surface area contributed by atoms with Crippen LogP contribution in [-0.4, -0.2) is 49.4 Å². The van der Waals surface area contributed by atoms with E-state index < -0.39 is 0 Å². The monoisotopic (exact) mass is 362 g/mol. The van der Waals surface area contributed by atoms with Crippen molar-refractivity contribution in [3.63, 3.8) is 0 Å². The molecular formula is C22H26N4O. The summed E-state index contributed by atoms with van der Waals surface area (Å²) in [6.45, 7) is 5.86. The lowest BCUT2D eigenvalue weighted by Gasteiger charge is -2.34. The van der Waals surface area contributed by atoms with Gasteiger partial charge in [0.15, 0.2) is 0 Å². The number of morpholine rings is 1. The number of fused-ring (bicyclic) bond motifs is 1. The Balaban J connectivity index is 1.25. The van der Waals surface area contributed by atoms with E-state index in [4.69, 9.17) is 4.74 Å². The summed E-state index contributed by atoms with van der Waals surface area (Å²) in [5.41, 5.74) is 5.09. The maximum atomic E-state index is 5.45. The third kappa shape index (κ3) is 3.28. The predicted molar refractivity (Wildman–Crippen MR) is 110 cm³/mol. The van der Waals surface area contributed by atoms with Crippen LogP contribution in [0.25, 0.3) is 11.0 Å². The summed E-state index contributed by atoms with van der Waals surface area (Å²) >= 11 is 0. The molecule has 5 heteroatoms. The van der Waals surface area contributed by atoms with Crippen LogP contribution in [0.1, 0.15) is 24.3 Å². The lowest BCUT2D eigenvalue weighted by atomic mass is 9.89. The first-order chi connectivity index (χ1) is 13.4. The van der Waals surface area contributed by atoms with Crippen molar-refractivity contribution >= 4 is 22.4 Å². The number of piperidine rings is 1. The molecule has 0 spiro atoms. The Labute approximate surface area is 160 Å². The van der Waals surface area contributed by atoms with Gasteiger partial charge >= 0.3 is 0 Å². The molecule has 0 radical (unpaired) electrons. The molecule has 0 unspecified atom stereocenters. The number of hydrogen-bond acceptors (Lipinski definition) is 4. The van der Waals surface area contributed by atoms with E-state index in [-0.39, 0.29) is 0 Å². The summed E-state index contributed by atoms with van der Waals surface area (Å²) in [5.74, 6) is 0.617. The van der Waals surface area contributed by atoms with Gasteiger partial charge < -0.3 is 19.5 Å². The lowest BCUT2D eigenvalue weighted by molar-refractivity contribution is 0.122. The molecule has 1 aromatic carbocycles. The topological polar surface area (TPSA) is 44.4 Å². The fourth-order valence-corrected chi connectivity index (χ4v) is 4.46. The fourth-order valence-electron chi connectivity index (χ4n) is 4.46. The summed E-state index contributed by atoms with van der Waals surface area (Å²) in [6.07, 6.45) is 6.39. The molecule has 1 N–H and O–H groups in total. The second-order valence-electron chi connectivity index (χ2n) is 7.52. The van der Waals surface area contributed by atoms with E-state index in [2.05, 4.69) is 56.3 Å². The van der Waals surface area contributed by atoms with Crippen LogP contribution in [-0.2, 0) is 4.74 Å². The minimum atomic E-state index is 0.617. The van der Waals surface area contributed by atoms with Crippen LogP contribution in [0.5, 0.6) is 0 Å². The molecule has 0 saturated carbocycles. The van der Waals surface area contributed by atoms with Gasteiger partial charge in [0.1, 0.15) is 5.65 Å². The van der Waals surface area contributed by atoms with Gasteiger partial charge in [0.05, 0.1) is 13.2 Å². The van der Waals surface area contributed by atoms with Crippen molar-refractivity contribution in [3.8, 4) is 0 Å². The van der Waals surface area contributed by atoms with Crippen molar-refractivity contribution in [2.75, 3.05) is 49.2 Å². The molecule has 2 saturated heterocycles. The van der Waals surface area contributed by atoms with Crippen molar-refractivity contribution in [1.29, 1.82) is 0 Å². The smallest absolute Gasteiger partial charge is 0.137 e. The Morgan fingerprint density at radius 3 is 2.26 bits per heavy atom. The molecule has 0 bridgehead atoms. The van der Waals surface area contributed by atoms with Gasteiger partial charge in [-0.05, 0) is 60.7 Å². The number of aromatic amines is 1. The number of nitrogens with zero attached hydrogens (tertiary/aromatic N) is 3. The minimum Gasteiger partial charge on any atom is -0.378 e. The largest absolute Gasteiger partial charge is 0.378 e. The fraction of sp³-hybridized carbons (Fsp3) is 0.409. The van der Waals surface area contributed by atoms with Crippen LogP contribution in [0, 0.1) is 0 Å². The van der Waals surface area contributed by atoms with Gasteiger partial charge in [0.2, 0.25) is 0 Å². The first-order valence-electron chi connectivity index (χ1n) is 9.98. The van der Waals surface area contributed by atoms with Crippen LogP contribution < -0.4 is 9.80 Å². The zero-order valence-corrected chi connectivity index (χ0v) is 15.6. The summed E-state index contributed by atoms with van der Waals surface area (Å²) < 4.78 is 5.45. The summed E-state index contributed by atoms with van der Waals surface area (Å²) in [5, 5.41) is 1.28. The molecule has 4 heterocycles. The molecular weight excluding hydrogens is 336 g/mol. The molecule has 2 fully saturated rings. The van der Waals surface area contributed by atoms with Crippen LogP contribution in [0.15, 0.2) is 48.8 Å². The van der Waals surface area contributed by atoms with E-state index in [1.807, 2.05) is 12.3 Å². The molecule has 5 nitrogen and oxygen atoms in total. The molecule has 5 rings (SSSR count). The Kier molecular flexibility index (Phi) is 4.46. The highest BCUT2D eigenvalue weighted by molar-refractivity contribution is 5.80. The van der Waals surface area contributed by atoms with E-state index in [0.717, 1.165) is 45.0 Å². The molecule has 27 heavy (non-hydrogen) atoms. The summed E-state index contributed by atoms with van der Waals surface area (Å²) in [7, 11) is 0.